The van der Waals surface area contributed by atoms with E-state index in [1.807, 2.05) is 0 Å². The molecule has 0 bridgehead atoms. The fourth-order valence-electron chi connectivity index (χ4n) is 1.08. The molecular weight excluding hydrogens is 184 g/mol. The molecule has 0 aliphatic carbocycles. The van der Waals surface area contributed by atoms with Crippen molar-refractivity contribution in [2.24, 2.45) is 0 Å². The zero-order chi connectivity index (χ0) is 9.97. The molecule has 0 spiro atoms. The topological polar surface area (TPSA) is 80.9 Å². The molecule has 1 heterocycles. The quantitative estimate of drug-likeness (QED) is 0.683. The van der Waals surface area contributed by atoms with Crippen molar-refractivity contribution in [3.63, 3.8) is 0 Å². The maximum absolute atomic E-state index is 10.5. The van der Waals surface area contributed by atoms with Crippen LogP contribution < -0.4 is 0 Å². The Kier molecular flexibility index (Phi) is 1.94. The number of carbonyl (C=O) groups excluding carboxylic acids is 1. The third-order valence-corrected chi connectivity index (χ3v) is 1.71. The summed E-state index contributed by atoms with van der Waals surface area (Å²) in [5, 5.41) is 19.9. The van der Waals surface area contributed by atoms with Gasteiger partial charge in [0.15, 0.2) is 6.29 Å². The highest BCUT2D eigenvalue weighted by Crippen LogP contribution is 2.19. The van der Waals surface area contributed by atoms with Crippen LogP contribution in [0.5, 0.6) is 5.75 Å². The molecule has 1 aromatic heterocycles. The monoisotopic (exact) mass is 190 g/mol. The largest absolute Gasteiger partial charge is 0.506 e. The minimum absolute atomic E-state index is 0.0166. The van der Waals surface area contributed by atoms with Crippen molar-refractivity contribution in [2.75, 3.05) is 0 Å². The summed E-state index contributed by atoms with van der Waals surface area (Å²) in [6.45, 7) is 0. The van der Waals surface area contributed by atoms with Crippen molar-refractivity contribution in [3.05, 3.63) is 30.1 Å². The third-order valence-electron chi connectivity index (χ3n) is 1.71. The van der Waals surface area contributed by atoms with Crippen LogP contribution in [0.2, 0.25) is 0 Å². The molecule has 0 aliphatic heterocycles. The van der Waals surface area contributed by atoms with Gasteiger partial charge in [-0.15, -0.1) is 5.10 Å². The first-order valence-corrected chi connectivity index (χ1v) is 3.85. The second-order valence-corrected chi connectivity index (χ2v) is 2.56. The Morgan fingerprint density at radius 2 is 2.14 bits per heavy atom. The van der Waals surface area contributed by atoms with Gasteiger partial charge in [0.1, 0.15) is 11.4 Å². The summed E-state index contributed by atoms with van der Waals surface area (Å²) in [5.74, 6) is 0.0643. The fraction of sp³-hybridized carbons (Fsp3) is 0. The van der Waals surface area contributed by atoms with E-state index in [9.17, 15) is 9.90 Å². The number of tetrazole rings is 1. The summed E-state index contributed by atoms with van der Waals surface area (Å²) < 4.78 is 1.17. The molecule has 0 fully saturated rings. The predicted molar refractivity (Wildman–Crippen MR) is 46.2 cm³/mol. The van der Waals surface area contributed by atoms with Crippen molar-refractivity contribution < 1.29 is 9.90 Å². The van der Waals surface area contributed by atoms with Gasteiger partial charge in [-0.25, -0.2) is 0 Å². The smallest absolute Gasteiger partial charge is 0.219 e. The van der Waals surface area contributed by atoms with Crippen LogP contribution in [-0.2, 0) is 0 Å². The number of aromatic hydroxyl groups is 1. The summed E-state index contributed by atoms with van der Waals surface area (Å²) in [7, 11) is 0. The number of hydrogen-bond acceptors (Lipinski definition) is 5. The fourth-order valence-corrected chi connectivity index (χ4v) is 1.08. The Morgan fingerprint density at radius 3 is 2.86 bits per heavy atom. The van der Waals surface area contributed by atoms with Gasteiger partial charge in [-0.05, 0) is 22.6 Å². The van der Waals surface area contributed by atoms with Gasteiger partial charge < -0.3 is 5.11 Å². The van der Waals surface area contributed by atoms with Crippen LogP contribution in [0, 0.1) is 0 Å². The molecule has 2 aromatic rings. The average Bonchev–Trinajstić information content (AvgIpc) is 2.66. The van der Waals surface area contributed by atoms with Gasteiger partial charge in [-0.3, -0.25) is 4.79 Å². The second-order valence-electron chi connectivity index (χ2n) is 2.56. The molecule has 6 heteroatoms. The van der Waals surface area contributed by atoms with Gasteiger partial charge in [-0.1, -0.05) is 12.1 Å². The number of para-hydroxylation sites is 2. The van der Waals surface area contributed by atoms with Gasteiger partial charge in [0.2, 0.25) is 5.82 Å². The van der Waals surface area contributed by atoms with Crippen LogP contribution in [0.4, 0.5) is 0 Å². The van der Waals surface area contributed by atoms with E-state index in [2.05, 4.69) is 15.5 Å². The normalized spacial score (nSPS) is 10.0. The number of phenols is 1. The van der Waals surface area contributed by atoms with E-state index < -0.39 is 0 Å². The molecule has 14 heavy (non-hydrogen) atoms. The molecule has 6 nitrogen and oxygen atoms in total. The Morgan fingerprint density at radius 1 is 1.36 bits per heavy atom. The standard InChI is InChI=1S/C8H6N4O2/c13-5-8-9-10-11-12(8)6-3-1-2-4-7(6)14/h1-5,14H. The summed E-state index contributed by atoms with van der Waals surface area (Å²) in [5.41, 5.74) is 0.375. The zero-order valence-corrected chi connectivity index (χ0v) is 7.03. The third kappa shape index (κ3) is 1.22. The minimum atomic E-state index is 0.0166. The molecule has 0 saturated carbocycles. The number of aromatic nitrogens is 4. The molecule has 0 radical (unpaired) electrons. The molecule has 70 valence electrons. The van der Waals surface area contributed by atoms with E-state index in [4.69, 9.17) is 0 Å². The number of carbonyl (C=O) groups is 1. The first-order chi connectivity index (χ1) is 6.83. The lowest BCUT2D eigenvalue weighted by molar-refractivity contribution is 0.111. The summed E-state index contributed by atoms with van der Waals surface area (Å²) in [6, 6.07) is 6.49. The van der Waals surface area contributed by atoms with Gasteiger partial charge >= 0.3 is 0 Å². The highest BCUT2D eigenvalue weighted by atomic mass is 16.3. The highest BCUT2D eigenvalue weighted by molar-refractivity contribution is 5.70. The van der Waals surface area contributed by atoms with Crippen molar-refractivity contribution >= 4 is 6.29 Å². The summed E-state index contributed by atoms with van der Waals surface area (Å²) in [6.07, 6.45) is 0.520. The van der Waals surface area contributed by atoms with Crippen LogP contribution in [0.3, 0.4) is 0 Å². The number of benzene rings is 1. The van der Waals surface area contributed by atoms with Crippen molar-refractivity contribution in [1.82, 2.24) is 20.2 Å². The maximum atomic E-state index is 10.5. The van der Waals surface area contributed by atoms with Gasteiger partial charge in [-0.2, -0.15) is 4.68 Å². The van der Waals surface area contributed by atoms with Crippen molar-refractivity contribution in [1.29, 1.82) is 0 Å². The van der Waals surface area contributed by atoms with Crippen molar-refractivity contribution in [2.45, 2.75) is 0 Å². The van der Waals surface area contributed by atoms with E-state index in [0.717, 1.165) is 0 Å². The lowest BCUT2D eigenvalue weighted by Crippen LogP contribution is -2.02. The summed E-state index contributed by atoms with van der Waals surface area (Å²) >= 11 is 0. The predicted octanol–water partition coefficient (Wildman–Crippen LogP) is 0.180. The van der Waals surface area contributed by atoms with Gasteiger partial charge in [0.05, 0.1) is 0 Å². The highest BCUT2D eigenvalue weighted by Gasteiger charge is 2.09. The first-order valence-electron chi connectivity index (χ1n) is 3.85. The molecule has 1 aromatic carbocycles. The Balaban J connectivity index is 2.60. The number of aldehydes is 1. The molecule has 0 atom stereocenters. The van der Waals surface area contributed by atoms with E-state index in [0.29, 0.717) is 12.0 Å². The van der Waals surface area contributed by atoms with Gasteiger partial charge in [0.25, 0.3) is 0 Å². The van der Waals surface area contributed by atoms with Crippen LogP contribution >= 0.6 is 0 Å². The van der Waals surface area contributed by atoms with Crippen LogP contribution in [0.1, 0.15) is 10.6 Å². The molecule has 0 amide bonds. The van der Waals surface area contributed by atoms with Gasteiger partial charge in [0, 0.05) is 0 Å². The number of rotatable bonds is 2. The Labute approximate surface area is 78.8 Å². The van der Waals surface area contributed by atoms with Crippen molar-refractivity contribution in [3.8, 4) is 11.4 Å². The minimum Gasteiger partial charge on any atom is -0.506 e. The lowest BCUT2D eigenvalue weighted by Gasteiger charge is -2.02. The molecular formula is C8H6N4O2. The Hall–Kier alpha value is -2.24. The molecule has 0 unspecified atom stereocenters. The molecule has 1 N–H and O–H groups in total. The first kappa shape index (κ1) is 8.36. The number of phenolic OH excluding ortho intramolecular Hbond substituents is 1. The average molecular weight is 190 g/mol. The lowest BCUT2D eigenvalue weighted by atomic mass is 10.3. The van der Waals surface area contributed by atoms with Crippen LogP contribution in [0.25, 0.3) is 5.69 Å². The maximum Gasteiger partial charge on any atom is 0.219 e. The zero-order valence-electron chi connectivity index (χ0n) is 7.03. The summed E-state index contributed by atoms with van der Waals surface area (Å²) in [4.78, 5) is 10.5. The molecule has 0 saturated heterocycles. The van der Waals surface area contributed by atoms with E-state index in [1.54, 1.807) is 18.2 Å². The number of nitrogens with zero attached hydrogens (tertiary/aromatic N) is 4. The van der Waals surface area contributed by atoms with E-state index >= 15 is 0 Å². The van der Waals surface area contributed by atoms with E-state index in [-0.39, 0.29) is 11.6 Å². The Bertz CT molecular complexity index is 466. The van der Waals surface area contributed by atoms with Crippen LogP contribution in [-0.4, -0.2) is 31.6 Å². The SMILES string of the molecule is O=Cc1nnnn1-c1ccccc1O. The van der Waals surface area contributed by atoms with E-state index in [1.165, 1.54) is 10.7 Å². The molecule has 2 rings (SSSR count). The second kappa shape index (κ2) is 3.25. The van der Waals surface area contributed by atoms with Crippen LogP contribution in [0.15, 0.2) is 24.3 Å². The number of hydrogen-bond donors (Lipinski definition) is 1. The molecule has 0 aliphatic rings.